The van der Waals surface area contributed by atoms with Crippen LogP contribution < -0.4 is 5.73 Å². The zero-order valence-corrected chi connectivity index (χ0v) is 13.6. The van der Waals surface area contributed by atoms with E-state index >= 15 is 0 Å². The summed E-state index contributed by atoms with van der Waals surface area (Å²) in [7, 11) is 0. The van der Waals surface area contributed by atoms with Gasteiger partial charge in [0.1, 0.15) is 9.88 Å². The van der Waals surface area contributed by atoms with Crippen LogP contribution in [0.3, 0.4) is 0 Å². The van der Waals surface area contributed by atoms with Gasteiger partial charge in [-0.15, -0.1) is 22.7 Å². The molecule has 1 aliphatic rings. The van der Waals surface area contributed by atoms with Crippen LogP contribution in [0, 0.1) is 5.92 Å². The lowest BCUT2D eigenvalue weighted by Gasteiger charge is -2.39. The van der Waals surface area contributed by atoms with Gasteiger partial charge in [-0.05, 0) is 30.2 Å². The Morgan fingerprint density at radius 3 is 3.14 bits per heavy atom. The molecule has 0 bridgehead atoms. The number of amides is 1. The van der Waals surface area contributed by atoms with E-state index in [1.54, 1.807) is 17.5 Å². The maximum absolute atomic E-state index is 12.7. The van der Waals surface area contributed by atoms with E-state index in [1.807, 2.05) is 22.4 Å². The van der Waals surface area contributed by atoms with Gasteiger partial charge >= 0.3 is 0 Å². The Balaban J connectivity index is 1.81. The average Bonchev–Trinajstić information content (AvgIpc) is 3.16. The summed E-state index contributed by atoms with van der Waals surface area (Å²) in [4.78, 5) is 20.9. The van der Waals surface area contributed by atoms with Gasteiger partial charge in [-0.25, -0.2) is 4.98 Å². The third-order valence-electron chi connectivity index (χ3n) is 4.07. The van der Waals surface area contributed by atoms with Gasteiger partial charge in [-0.2, -0.15) is 0 Å². The lowest BCUT2D eigenvalue weighted by Crippen LogP contribution is -2.51. The van der Waals surface area contributed by atoms with Crippen molar-refractivity contribution in [1.82, 2.24) is 9.88 Å². The Kier molecular flexibility index (Phi) is 4.37. The summed E-state index contributed by atoms with van der Waals surface area (Å²) >= 11 is 3.12. The lowest BCUT2D eigenvalue weighted by atomic mass is 9.90. The number of hydrogen-bond donors (Lipinski definition) is 1. The number of thiophene rings is 1. The minimum absolute atomic E-state index is 0.0808. The van der Waals surface area contributed by atoms with Gasteiger partial charge in [-0.3, -0.25) is 4.79 Å². The Labute approximate surface area is 132 Å². The smallest absolute Gasteiger partial charge is 0.265 e. The molecule has 0 radical (unpaired) electrons. The molecule has 0 spiro atoms. The largest absolute Gasteiger partial charge is 0.333 e. The summed E-state index contributed by atoms with van der Waals surface area (Å²) in [6.45, 7) is 3.52. The van der Waals surface area contributed by atoms with Crippen molar-refractivity contribution >= 4 is 28.6 Å². The van der Waals surface area contributed by atoms with Crippen molar-refractivity contribution in [2.24, 2.45) is 11.7 Å². The fourth-order valence-electron chi connectivity index (χ4n) is 2.89. The zero-order chi connectivity index (χ0) is 14.8. The fraction of sp³-hybridized carbons (Fsp3) is 0.467. The van der Waals surface area contributed by atoms with Gasteiger partial charge in [0.25, 0.3) is 5.91 Å². The van der Waals surface area contributed by atoms with Crippen molar-refractivity contribution in [3.8, 4) is 9.88 Å². The number of likely N-dealkylation sites (tertiary alicyclic amines) is 1. The van der Waals surface area contributed by atoms with Crippen LogP contribution in [0.25, 0.3) is 9.88 Å². The molecule has 0 unspecified atom stereocenters. The molecule has 21 heavy (non-hydrogen) atoms. The van der Waals surface area contributed by atoms with Crippen LogP contribution in [0.15, 0.2) is 23.7 Å². The van der Waals surface area contributed by atoms with Crippen molar-refractivity contribution in [1.29, 1.82) is 0 Å². The number of hydrogen-bond acceptors (Lipinski definition) is 5. The van der Waals surface area contributed by atoms with Crippen LogP contribution in [0.1, 0.15) is 29.4 Å². The Bertz CT molecular complexity index is 608. The SMILES string of the molecule is C[C@@H]1CCCN(C(=O)c2cnc(-c3cccs3)s2)[C@@H]1CN. The molecule has 1 amide bonds. The summed E-state index contributed by atoms with van der Waals surface area (Å²) in [5.41, 5.74) is 5.88. The first-order chi connectivity index (χ1) is 10.2. The minimum Gasteiger partial charge on any atom is -0.333 e. The summed E-state index contributed by atoms with van der Waals surface area (Å²) < 4.78 is 0. The molecule has 0 aromatic carbocycles. The predicted molar refractivity (Wildman–Crippen MR) is 87.7 cm³/mol. The molecule has 1 saturated heterocycles. The summed E-state index contributed by atoms with van der Waals surface area (Å²) in [5, 5.41) is 2.94. The third-order valence-corrected chi connectivity index (χ3v) is 6.09. The van der Waals surface area contributed by atoms with E-state index in [0.717, 1.165) is 29.3 Å². The maximum atomic E-state index is 12.7. The molecule has 4 nitrogen and oxygen atoms in total. The van der Waals surface area contributed by atoms with E-state index in [-0.39, 0.29) is 11.9 Å². The fourth-order valence-corrected chi connectivity index (χ4v) is 4.57. The Hall–Kier alpha value is -1.24. The minimum atomic E-state index is 0.0808. The summed E-state index contributed by atoms with van der Waals surface area (Å²) in [5.74, 6) is 0.551. The van der Waals surface area contributed by atoms with Crippen LogP contribution in [0.4, 0.5) is 0 Å². The number of carbonyl (C=O) groups excluding carboxylic acids is 1. The van der Waals surface area contributed by atoms with E-state index in [4.69, 9.17) is 5.73 Å². The molecule has 2 atom stereocenters. The van der Waals surface area contributed by atoms with Gasteiger partial charge in [-0.1, -0.05) is 13.0 Å². The number of nitrogens with two attached hydrogens (primary N) is 1. The van der Waals surface area contributed by atoms with Crippen LogP contribution in [0.2, 0.25) is 0 Å². The summed E-state index contributed by atoms with van der Waals surface area (Å²) in [6.07, 6.45) is 3.91. The molecule has 3 rings (SSSR count). The van der Waals surface area contributed by atoms with Gasteiger partial charge in [0.2, 0.25) is 0 Å². The molecule has 112 valence electrons. The van der Waals surface area contributed by atoms with Crippen LogP contribution >= 0.6 is 22.7 Å². The number of aromatic nitrogens is 1. The molecule has 2 N–H and O–H groups in total. The first-order valence-corrected chi connectivity index (χ1v) is 8.91. The van der Waals surface area contributed by atoms with Crippen molar-refractivity contribution in [3.63, 3.8) is 0 Å². The normalized spacial score (nSPS) is 22.5. The second-order valence-corrected chi connectivity index (χ2v) is 7.41. The zero-order valence-electron chi connectivity index (χ0n) is 12.0. The molecule has 2 aromatic heterocycles. The Morgan fingerprint density at radius 2 is 2.43 bits per heavy atom. The van der Waals surface area contributed by atoms with Crippen molar-refractivity contribution < 1.29 is 4.79 Å². The molecule has 0 aliphatic carbocycles. The quantitative estimate of drug-likeness (QED) is 0.945. The van der Waals surface area contributed by atoms with E-state index < -0.39 is 0 Å². The molecular weight excluding hydrogens is 302 g/mol. The third kappa shape index (κ3) is 2.88. The monoisotopic (exact) mass is 321 g/mol. The van der Waals surface area contributed by atoms with Crippen molar-refractivity contribution in [2.45, 2.75) is 25.8 Å². The van der Waals surface area contributed by atoms with Gasteiger partial charge in [0.05, 0.1) is 11.1 Å². The molecule has 2 aromatic rings. The highest BCUT2D eigenvalue weighted by Crippen LogP contribution is 2.31. The van der Waals surface area contributed by atoms with Gasteiger partial charge < -0.3 is 10.6 Å². The number of rotatable bonds is 3. The first kappa shape index (κ1) is 14.7. The number of carbonyl (C=O) groups is 1. The highest BCUT2D eigenvalue weighted by Gasteiger charge is 2.32. The molecule has 0 saturated carbocycles. The number of nitrogens with zero attached hydrogens (tertiary/aromatic N) is 2. The highest BCUT2D eigenvalue weighted by molar-refractivity contribution is 7.21. The number of piperidine rings is 1. The number of thiazole rings is 1. The maximum Gasteiger partial charge on any atom is 0.265 e. The average molecular weight is 321 g/mol. The van der Waals surface area contributed by atoms with Gasteiger partial charge in [0.15, 0.2) is 0 Å². The van der Waals surface area contributed by atoms with Crippen molar-refractivity contribution in [3.05, 3.63) is 28.6 Å². The highest BCUT2D eigenvalue weighted by atomic mass is 32.1. The van der Waals surface area contributed by atoms with E-state index in [0.29, 0.717) is 17.3 Å². The molecular formula is C15H19N3OS2. The van der Waals surface area contributed by atoms with E-state index in [9.17, 15) is 4.79 Å². The standard InChI is InChI=1S/C15H19N3OS2/c1-10-4-2-6-18(11(10)8-16)15(19)13-9-17-14(21-13)12-5-3-7-20-12/h3,5,7,9-11H,2,4,6,8,16H2,1H3/t10-,11-/m1/s1. The second-order valence-electron chi connectivity index (χ2n) is 5.43. The predicted octanol–water partition coefficient (Wildman–Crippen LogP) is 3.07. The van der Waals surface area contributed by atoms with E-state index in [1.165, 1.54) is 11.3 Å². The van der Waals surface area contributed by atoms with Crippen LogP contribution in [-0.4, -0.2) is 34.9 Å². The van der Waals surface area contributed by atoms with Crippen molar-refractivity contribution in [2.75, 3.05) is 13.1 Å². The second kappa shape index (κ2) is 6.25. The topological polar surface area (TPSA) is 59.2 Å². The molecule has 1 fully saturated rings. The Morgan fingerprint density at radius 1 is 1.57 bits per heavy atom. The molecule has 3 heterocycles. The van der Waals surface area contributed by atoms with Gasteiger partial charge in [0, 0.05) is 19.1 Å². The molecule has 1 aliphatic heterocycles. The van der Waals surface area contributed by atoms with E-state index in [2.05, 4.69) is 11.9 Å². The van der Waals surface area contributed by atoms with Crippen LogP contribution in [-0.2, 0) is 0 Å². The first-order valence-electron chi connectivity index (χ1n) is 7.21. The summed E-state index contributed by atoms with van der Waals surface area (Å²) in [6, 6.07) is 4.18. The molecule has 6 heteroatoms. The van der Waals surface area contributed by atoms with Crippen LogP contribution in [0.5, 0.6) is 0 Å². The lowest BCUT2D eigenvalue weighted by molar-refractivity contribution is 0.0537.